The quantitative estimate of drug-likeness (QED) is 0.754. The maximum atomic E-state index is 10.7. The highest BCUT2D eigenvalue weighted by molar-refractivity contribution is 5.73. The summed E-state index contributed by atoms with van der Waals surface area (Å²) in [7, 11) is 0. The molecule has 0 heterocycles. The molecule has 0 saturated heterocycles. The van der Waals surface area contributed by atoms with Crippen molar-refractivity contribution in [2.24, 2.45) is 0 Å². The number of rotatable bonds is 5. The van der Waals surface area contributed by atoms with E-state index in [2.05, 4.69) is 5.32 Å². The predicted octanol–water partition coefficient (Wildman–Crippen LogP) is 1.14. The molecular weight excluding hydrogens is 192 g/mol. The molecule has 0 spiro atoms. The summed E-state index contributed by atoms with van der Waals surface area (Å²) >= 11 is 0. The van der Waals surface area contributed by atoms with Crippen molar-refractivity contribution in [3.05, 3.63) is 35.9 Å². The SMILES string of the molecule is N#CCC(NCc1ccccc1)C(=O)O. The van der Waals surface area contributed by atoms with E-state index in [0.717, 1.165) is 5.56 Å². The fourth-order valence-electron chi connectivity index (χ4n) is 1.17. The molecule has 0 aliphatic heterocycles. The number of hydrogen-bond acceptors (Lipinski definition) is 3. The van der Waals surface area contributed by atoms with Gasteiger partial charge in [-0.1, -0.05) is 30.3 Å². The van der Waals surface area contributed by atoms with E-state index in [9.17, 15) is 4.79 Å². The van der Waals surface area contributed by atoms with Crippen LogP contribution in [-0.4, -0.2) is 17.1 Å². The predicted molar refractivity (Wildman–Crippen MR) is 54.9 cm³/mol. The number of carboxylic acids is 1. The van der Waals surface area contributed by atoms with Crippen LogP contribution < -0.4 is 5.32 Å². The first-order chi connectivity index (χ1) is 7.24. The third kappa shape index (κ3) is 3.79. The molecule has 0 amide bonds. The Balaban J connectivity index is 2.48. The van der Waals surface area contributed by atoms with E-state index in [1.54, 1.807) is 0 Å². The number of benzene rings is 1. The molecule has 1 rings (SSSR count). The van der Waals surface area contributed by atoms with Gasteiger partial charge in [-0.3, -0.25) is 10.1 Å². The number of aliphatic carboxylic acids is 1. The number of carboxylic acid groups (broad SMARTS) is 1. The van der Waals surface area contributed by atoms with Gasteiger partial charge in [-0.15, -0.1) is 0 Å². The van der Waals surface area contributed by atoms with E-state index in [0.29, 0.717) is 6.54 Å². The fraction of sp³-hybridized carbons (Fsp3) is 0.273. The molecule has 0 aromatic heterocycles. The Hall–Kier alpha value is -1.86. The minimum absolute atomic E-state index is 0.0256. The average molecular weight is 204 g/mol. The minimum Gasteiger partial charge on any atom is -0.480 e. The molecule has 1 aromatic rings. The first kappa shape index (κ1) is 11.2. The zero-order chi connectivity index (χ0) is 11.1. The molecule has 1 unspecified atom stereocenters. The van der Waals surface area contributed by atoms with Gasteiger partial charge in [0.2, 0.25) is 0 Å². The van der Waals surface area contributed by atoms with Gasteiger partial charge < -0.3 is 5.11 Å². The first-order valence-electron chi connectivity index (χ1n) is 4.61. The molecule has 0 radical (unpaired) electrons. The van der Waals surface area contributed by atoms with Crippen LogP contribution in [-0.2, 0) is 11.3 Å². The summed E-state index contributed by atoms with van der Waals surface area (Å²) in [5, 5.41) is 20.0. The number of nitrogens with zero attached hydrogens (tertiary/aromatic N) is 1. The number of nitriles is 1. The molecule has 78 valence electrons. The largest absolute Gasteiger partial charge is 0.480 e. The lowest BCUT2D eigenvalue weighted by molar-refractivity contribution is -0.139. The van der Waals surface area contributed by atoms with Gasteiger partial charge in [0.25, 0.3) is 0 Å². The van der Waals surface area contributed by atoms with E-state index >= 15 is 0 Å². The van der Waals surface area contributed by atoms with Crippen molar-refractivity contribution < 1.29 is 9.90 Å². The second kappa shape index (κ2) is 5.78. The van der Waals surface area contributed by atoms with E-state index in [4.69, 9.17) is 10.4 Å². The van der Waals surface area contributed by atoms with Crippen molar-refractivity contribution in [1.82, 2.24) is 5.32 Å². The zero-order valence-electron chi connectivity index (χ0n) is 8.18. The van der Waals surface area contributed by atoms with Crippen molar-refractivity contribution in [2.45, 2.75) is 19.0 Å². The normalized spacial score (nSPS) is 11.7. The summed E-state index contributed by atoms with van der Waals surface area (Å²) in [6, 6.07) is 10.5. The maximum absolute atomic E-state index is 10.7. The average Bonchev–Trinajstić information content (AvgIpc) is 2.25. The van der Waals surface area contributed by atoms with E-state index in [-0.39, 0.29) is 6.42 Å². The van der Waals surface area contributed by atoms with Crippen LogP contribution in [0.4, 0.5) is 0 Å². The topological polar surface area (TPSA) is 73.1 Å². The summed E-state index contributed by atoms with van der Waals surface area (Å²) in [5.74, 6) is -0.993. The Bertz CT molecular complexity index is 357. The van der Waals surface area contributed by atoms with Crippen molar-refractivity contribution in [2.75, 3.05) is 0 Å². The smallest absolute Gasteiger partial charge is 0.321 e. The lowest BCUT2D eigenvalue weighted by Crippen LogP contribution is -2.35. The van der Waals surface area contributed by atoms with Crippen LogP contribution in [0.3, 0.4) is 0 Å². The summed E-state index contributed by atoms with van der Waals surface area (Å²) in [5.41, 5.74) is 1.00. The highest BCUT2D eigenvalue weighted by Crippen LogP contribution is 1.99. The van der Waals surface area contributed by atoms with E-state index in [1.165, 1.54) is 0 Å². The minimum atomic E-state index is -0.993. The molecular formula is C11H12N2O2. The summed E-state index contributed by atoms with van der Waals surface area (Å²) in [4.78, 5) is 10.7. The number of hydrogen-bond donors (Lipinski definition) is 2. The van der Waals surface area contributed by atoms with Gasteiger partial charge in [-0.25, -0.2) is 0 Å². The first-order valence-corrected chi connectivity index (χ1v) is 4.61. The van der Waals surface area contributed by atoms with Gasteiger partial charge in [0.15, 0.2) is 0 Å². The maximum Gasteiger partial charge on any atom is 0.321 e. The Morgan fingerprint density at radius 3 is 2.67 bits per heavy atom. The van der Waals surface area contributed by atoms with Gasteiger partial charge in [-0.05, 0) is 5.56 Å². The summed E-state index contributed by atoms with van der Waals surface area (Å²) in [6.07, 6.45) is -0.0256. The van der Waals surface area contributed by atoms with Crippen molar-refractivity contribution in [3.63, 3.8) is 0 Å². The molecule has 4 heteroatoms. The van der Waals surface area contributed by atoms with Crippen molar-refractivity contribution >= 4 is 5.97 Å². The highest BCUT2D eigenvalue weighted by Gasteiger charge is 2.15. The highest BCUT2D eigenvalue weighted by atomic mass is 16.4. The van der Waals surface area contributed by atoms with Crippen LogP contribution >= 0.6 is 0 Å². The second-order valence-corrected chi connectivity index (χ2v) is 3.12. The van der Waals surface area contributed by atoms with E-state index in [1.807, 2.05) is 36.4 Å². The number of carbonyl (C=O) groups is 1. The van der Waals surface area contributed by atoms with Crippen LogP contribution in [0.5, 0.6) is 0 Å². The number of nitrogens with one attached hydrogen (secondary N) is 1. The summed E-state index contributed by atoms with van der Waals surface area (Å²) < 4.78 is 0. The van der Waals surface area contributed by atoms with Crippen LogP contribution in [0, 0.1) is 11.3 Å². The van der Waals surface area contributed by atoms with Gasteiger partial charge in [0.05, 0.1) is 12.5 Å². The van der Waals surface area contributed by atoms with E-state index < -0.39 is 12.0 Å². The Morgan fingerprint density at radius 1 is 1.47 bits per heavy atom. The second-order valence-electron chi connectivity index (χ2n) is 3.12. The lowest BCUT2D eigenvalue weighted by atomic mass is 10.2. The Morgan fingerprint density at radius 2 is 2.13 bits per heavy atom. The molecule has 1 atom stereocenters. The van der Waals surface area contributed by atoms with Gasteiger partial charge >= 0.3 is 5.97 Å². The van der Waals surface area contributed by atoms with Crippen molar-refractivity contribution in [3.8, 4) is 6.07 Å². The van der Waals surface area contributed by atoms with Crippen LogP contribution in [0.2, 0.25) is 0 Å². The Labute approximate surface area is 88.2 Å². The summed E-state index contributed by atoms with van der Waals surface area (Å²) in [6.45, 7) is 0.458. The van der Waals surface area contributed by atoms with Crippen molar-refractivity contribution in [1.29, 1.82) is 5.26 Å². The van der Waals surface area contributed by atoms with Crippen LogP contribution in [0.1, 0.15) is 12.0 Å². The standard InChI is InChI=1S/C11H12N2O2/c12-7-6-10(11(14)15)13-8-9-4-2-1-3-5-9/h1-5,10,13H,6,8H2,(H,14,15). The molecule has 0 fully saturated rings. The van der Waals surface area contributed by atoms with Gasteiger partial charge in [-0.2, -0.15) is 5.26 Å². The van der Waals surface area contributed by atoms with Crippen LogP contribution in [0.25, 0.3) is 0 Å². The molecule has 0 bridgehead atoms. The molecule has 4 nitrogen and oxygen atoms in total. The molecule has 2 N–H and O–H groups in total. The third-order valence-corrected chi connectivity index (χ3v) is 1.99. The molecule has 0 aliphatic carbocycles. The third-order valence-electron chi connectivity index (χ3n) is 1.99. The molecule has 0 aliphatic rings. The molecule has 1 aromatic carbocycles. The van der Waals surface area contributed by atoms with Crippen LogP contribution in [0.15, 0.2) is 30.3 Å². The van der Waals surface area contributed by atoms with Gasteiger partial charge in [0.1, 0.15) is 6.04 Å². The molecule has 15 heavy (non-hydrogen) atoms. The monoisotopic (exact) mass is 204 g/mol. The zero-order valence-corrected chi connectivity index (χ0v) is 8.18. The van der Waals surface area contributed by atoms with Gasteiger partial charge in [0, 0.05) is 6.54 Å². The lowest BCUT2D eigenvalue weighted by Gasteiger charge is -2.10. The molecule has 0 saturated carbocycles. The fourth-order valence-corrected chi connectivity index (χ4v) is 1.17. The Kier molecular flexibility index (Phi) is 4.32.